The molecular weight excluding hydrogens is 345 g/mol. The maximum atomic E-state index is 13.9. The fourth-order valence-electron chi connectivity index (χ4n) is 2.73. The molecule has 1 saturated carbocycles. The monoisotopic (exact) mass is 361 g/mol. The van der Waals surface area contributed by atoms with Gasteiger partial charge in [-0.15, -0.1) is 0 Å². The Morgan fingerprint density at radius 2 is 2.12 bits per heavy atom. The average molecular weight is 362 g/mol. The molecule has 0 saturated heterocycles. The molecule has 0 spiro atoms. The Morgan fingerprint density at radius 1 is 1.44 bits per heavy atom. The number of nitriles is 1. The van der Waals surface area contributed by atoms with Crippen LogP contribution in [0.1, 0.15) is 43.1 Å². The molecule has 1 aromatic carbocycles. The largest absolute Gasteiger partial charge is 0.343 e. The number of benzene rings is 1. The summed E-state index contributed by atoms with van der Waals surface area (Å²) in [5.74, 6) is -1.43. The van der Waals surface area contributed by atoms with Crippen molar-refractivity contribution in [1.29, 1.82) is 5.26 Å². The molecule has 0 radical (unpaired) electrons. The fraction of sp³-hybridized carbons (Fsp3) is 0.389. The second-order valence-electron chi connectivity index (χ2n) is 6.62. The minimum absolute atomic E-state index is 0.0668. The van der Waals surface area contributed by atoms with Crippen LogP contribution in [0.3, 0.4) is 0 Å². The molecule has 25 heavy (non-hydrogen) atoms. The van der Waals surface area contributed by atoms with E-state index >= 15 is 0 Å². The van der Waals surface area contributed by atoms with Crippen LogP contribution in [0, 0.1) is 23.1 Å². The zero-order valence-corrected chi connectivity index (χ0v) is 14.6. The van der Waals surface area contributed by atoms with E-state index in [1.54, 1.807) is 18.4 Å². The molecule has 1 heterocycles. The van der Waals surface area contributed by atoms with Gasteiger partial charge in [0, 0.05) is 17.6 Å². The van der Waals surface area contributed by atoms with Gasteiger partial charge in [0.2, 0.25) is 5.43 Å². The number of halogens is 2. The first-order valence-electron chi connectivity index (χ1n) is 8.08. The Labute approximate surface area is 149 Å². The Hall–Kier alpha value is -2.39. The molecule has 3 rings (SSSR count). The maximum absolute atomic E-state index is 13.9. The third-order valence-corrected chi connectivity index (χ3v) is 4.64. The quantitative estimate of drug-likeness (QED) is 0.906. The second-order valence-corrected chi connectivity index (χ2v) is 7.03. The van der Waals surface area contributed by atoms with Gasteiger partial charge in [-0.3, -0.25) is 9.59 Å². The number of nitrogens with one attached hydrogen (secondary N) is 1. The van der Waals surface area contributed by atoms with Crippen molar-refractivity contribution in [3.8, 4) is 6.07 Å². The molecule has 1 aliphatic carbocycles. The van der Waals surface area contributed by atoms with Crippen molar-refractivity contribution in [3.63, 3.8) is 0 Å². The highest BCUT2D eigenvalue weighted by atomic mass is 35.5. The van der Waals surface area contributed by atoms with Gasteiger partial charge in [0.15, 0.2) is 0 Å². The van der Waals surface area contributed by atoms with E-state index in [0.29, 0.717) is 5.52 Å². The lowest BCUT2D eigenvalue weighted by Crippen LogP contribution is -2.39. The predicted octanol–water partition coefficient (Wildman–Crippen LogP) is 3.41. The van der Waals surface area contributed by atoms with Gasteiger partial charge in [0.1, 0.15) is 17.4 Å². The van der Waals surface area contributed by atoms with E-state index in [2.05, 4.69) is 5.32 Å². The predicted molar refractivity (Wildman–Crippen MR) is 93.2 cm³/mol. The lowest BCUT2D eigenvalue weighted by molar-refractivity contribution is 0.0936. The van der Waals surface area contributed by atoms with E-state index in [1.807, 2.05) is 6.07 Å². The van der Waals surface area contributed by atoms with Crippen LogP contribution in [-0.2, 0) is 0 Å². The van der Waals surface area contributed by atoms with Crippen molar-refractivity contribution < 1.29 is 9.18 Å². The first-order valence-corrected chi connectivity index (χ1v) is 8.45. The zero-order chi connectivity index (χ0) is 18.3. The molecule has 1 atom stereocenters. The van der Waals surface area contributed by atoms with Crippen LogP contribution in [0.5, 0.6) is 0 Å². The number of carbonyl (C=O) groups is 1. The van der Waals surface area contributed by atoms with Gasteiger partial charge in [-0.05, 0) is 30.9 Å². The van der Waals surface area contributed by atoms with Gasteiger partial charge >= 0.3 is 0 Å². The summed E-state index contributed by atoms with van der Waals surface area (Å²) < 4.78 is 15.7. The van der Waals surface area contributed by atoms with Crippen LogP contribution in [0.15, 0.2) is 23.1 Å². The van der Waals surface area contributed by atoms with E-state index in [0.717, 1.165) is 18.9 Å². The third kappa shape index (κ3) is 3.24. The number of nitrogens with zero attached hydrogens (tertiary/aromatic N) is 2. The molecule has 0 aliphatic heterocycles. The number of hydrogen-bond donors (Lipinski definition) is 1. The van der Waals surface area contributed by atoms with E-state index in [1.165, 1.54) is 12.3 Å². The lowest BCUT2D eigenvalue weighted by Gasteiger charge is -2.17. The van der Waals surface area contributed by atoms with Gasteiger partial charge in [-0.25, -0.2) is 4.39 Å². The first kappa shape index (κ1) is 17.4. The number of aromatic nitrogens is 1. The Balaban J connectivity index is 2.15. The summed E-state index contributed by atoms with van der Waals surface area (Å²) in [7, 11) is 0. The van der Waals surface area contributed by atoms with Gasteiger partial charge in [-0.2, -0.15) is 5.26 Å². The molecule has 5 nitrogen and oxygen atoms in total. The SMILES string of the molecule is CC(C)[C@@H](C#N)NC(=O)c1cn(C2CC2)c2cc(Cl)c(F)cc2c1=O. The summed E-state index contributed by atoms with van der Waals surface area (Å²) in [5, 5.41) is 11.8. The minimum Gasteiger partial charge on any atom is -0.343 e. The average Bonchev–Trinajstić information content (AvgIpc) is 3.39. The number of pyridine rings is 1. The Bertz CT molecular complexity index is 957. The van der Waals surface area contributed by atoms with Gasteiger partial charge < -0.3 is 9.88 Å². The Kier molecular flexibility index (Phi) is 4.53. The van der Waals surface area contributed by atoms with Crippen molar-refractivity contribution in [3.05, 3.63) is 45.0 Å². The number of carbonyl (C=O) groups excluding carboxylic acids is 1. The maximum Gasteiger partial charge on any atom is 0.257 e. The Morgan fingerprint density at radius 3 is 2.68 bits per heavy atom. The van der Waals surface area contributed by atoms with Crippen molar-refractivity contribution in [2.24, 2.45) is 5.92 Å². The summed E-state index contributed by atoms with van der Waals surface area (Å²) in [5.41, 5.74) is -0.154. The molecule has 1 aromatic heterocycles. The highest BCUT2D eigenvalue weighted by Crippen LogP contribution is 2.37. The molecule has 1 amide bonds. The second kappa shape index (κ2) is 6.49. The lowest BCUT2D eigenvalue weighted by atomic mass is 10.0. The van der Waals surface area contributed by atoms with E-state index < -0.39 is 23.2 Å². The van der Waals surface area contributed by atoms with Crippen LogP contribution in [0.2, 0.25) is 5.02 Å². The zero-order valence-electron chi connectivity index (χ0n) is 13.8. The molecule has 1 fully saturated rings. The van der Waals surface area contributed by atoms with Crippen molar-refractivity contribution in [2.45, 2.75) is 38.8 Å². The van der Waals surface area contributed by atoms with Crippen LogP contribution >= 0.6 is 11.6 Å². The molecule has 0 unspecified atom stereocenters. The number of hydrogen-bond acceptors (Lipinski definition) is 3. The smallest absolute Gasteiger partial charge is 0.257 e. The molecule has 2 aromatic rings. The summed E-state index contributed by atoms with van der Waals surface area (Å²) in [6, 6.07) is 3.94. The van der Waals surface area contributed by atoms with E-state index in [9.17, 15) is 14.0 Å². The van der Waals surface area contributed by atoms with Crippen LogP contribution in [0.4, 0.5) is 4.39 Å². The normalized spacial score (nSPS) is 15.2. The molecule has 7 heteroatoms. The summed E-state index contributed by atoms with van der Waals surface area (Å²) >= 11 is 5.86. The number of fused-ring (bicyclic) bond motifs is 1. The third-order valence-electron chi connectivity index (χ3n) is 4.35. The first-order chi connectivity index (χ1) is 11.8. The number of rotatable bonds is 4. The minimum atomic E-state index is -0.709. The van der Waals surface area contributed by atoms with Crippen LogP contribution in [-0.4, -0.2) is 16.5 Å². The summed E-state index contributed by atoms with van der Waals surface area (Å²) in [6.45, 7) is 3.60. The molecular formula is C18H17ClFN3O2. The standard InChI is InChI=1S/C18H17ClFN3O2/c1-9(2)15(7-21)22-18(25)12-8-23(10-3-4-10)16-6-13(19)14(20)5-11(16)17(12)24/h5-6,8-10,15H,3-4H2,1-2H3,(H,22,25)/t15-/m1/s1. The van der Waals surface area contributed by atoms with Crippen molar-refractivity contribution in [1.82, 2.24) is 9.88 Å². The highest BCUT2D eigenvalue weighted by molar-refractivity contribution is 6.31. The van der Waals surface area contributed by atoms with Gasteiger partial charge in [-0.1, -0.05) is 25.4 Å². The fourth-order valence-corrected chi connectivity index (χ4v) is 2.89. The molecule has 0 bridgehead atoms. The van der Waals surface area contributed by atoms with Crippen molar-refractivity contribution >= 4 is 28.4 Å². The van der Waals surface area contributed by atoms with Crippen LogP contribution in [0.25, 0.3) is 10.9 Å². The van der Waals surface area contributed by atoms with Crippen molar-refractivity contribution in [2.75, 3.05) is 0 Å². The van der Waals surface area contributed by atoms with E-state index in [-0.39, 0.29) is 27.9 Å². The highest BCUT2D eigenvalue weighted by Gasteiger charge is 2.28. The topological polar surface area (TPSA) is 74.9 Å². The van der Waals surface area contributed by atoms with Gasteiger partial charge in [0.25, 0.3) is 5.91 Å². The molecule has 130 valence electrons. The summed E-state index contributed by atoms with van der Waals surface area (Å²) in [4.78, 5) is 25.2. The van der Waals surface area contributed by atoms with Crippen LogP contribution < -0.4 is 10.7 Å². The molecule has 1 N–H and O–H groups in total. The molecule has 1 aliphatic rings. The number of amides is 1. The van der Waals surface area contributed by atoms with E-state index in [4.69, 9.17) is 16.9 Å². The van der Waals surface area contributed by atoms with Gasteiger partial charge in [0.05, 0.1) is 16.6 Å². The summed E-state index contributed by atoms with van der Waals surface area (Å²) in [6.07, 6.45) is 3.32.